The third kappa shape index (κ3) is 1.98. The molecule has 1 unspecified atom stereocenters. The molecule has 19 heavy (non-hydrogen) atoms. The van der Waals surface area contributed by atoms with E-state index in [0.717, 1.165) is 36.3 Å². The first-order chi connectivity index (χ1) is 9.18. The summed E-state index contributed by atoms with van der Waals surface area (Å²) in [5.41, 5.74) is 2.06. The van der Waals surface area contributed by atoms with Crippen molar-refractivity contribution in [3.8, 4) is 0 Å². The molecule has 1 aliphatic heterocycles. The maximum Gasteiger partial charge on any atom is 0.132 e. The Kier molecular flexibility index (Phi) is 2.95. The van der Waals surface area contributed by atoms with Crippen LogP contribution < -0.4 is 5.32 Å². The van der Waals surface area contributed by atoms with Gasteiger partial charge in [0.1, 0.15) is 17.7 Å². The summed E-state index contributed by atoms with van der Waals surface area (Å²) in [4.78, 5) is 0. The van der Waals surface area contributed by atoms with Crippen LogP contribution in [0.15, 0.2) is 36.4 Å². The van der Waals surface area contributed by atoms with Crippen LogP contribution in [0.4, 0.5) is 14.5 Å². The van der Waals surface area contributed by atoms with Crippen LogP contribution in [0, 0.1) is 11.6 Å². The zero-order chi connectivity index (χ0) is 13.4. The van der Waals surface area contributed by atoms with Gasteiger partial charge in [-0.1, -0.05) is 24.3 Å². The maximum absolute atomic E-state index is 13.7. The molecule has 0 fully saturated rings. The van der Waals surface area contributed by atoms with Crippen molar-refractivity contribution in [2.75, 3.05) is 11.9 Å². The summed E-state index contributed by atoms with van der Waals surface area (Å²) in [6.07, 6.45) is -0.447. The Hall–Kier alpha value is -1.94. The number of hydrogen-bond acceptors (Lipinski definition) is 2. The first-order valence-corrected chi connectivity index (χ1v) is 6.16. The minimum absolute atomic E-state index is 0.301. The maximum atomic E-state index is 13.7. The molecule has 1 heterocycles. The van der Waals surface area contributed by atoms with E-state index in [0.29, 0.717) is 5.56 Å². The van der Waals surface area contributed by atoms with E-state index in [1.54, 1.807) is 12.1 Å². The minimum atomic E-state index is -1.30. The summed E-state index contributed by atoms with van der Waals surface area (Å²) in [5, 5.41) is 13.5. The minimum Gasteiger partial charge on any atom is -0.384 e. The van der Waals surface area contributed by atoms with Gasteiger partial charge < -0.3 is 10.4 Å². The molecular formula is C15H13F2NO. The average Bonchev–Trinajstić information content (AvgIpc) is 2.86. The van der Waals surface area contributed by atoms with Crippen molar-refractivity contribution < 1.29 is 13.9 Å². The Morgan fingerprint density at radius 1 is 1.05 bits per heavy atom. The fourth-order valence-corrected chi connectivity index (χ4v) is 2.52. The summed E-state index contributed by atoms with van der Waals surface area (Å²) < 4.78 is 27.4. The molecule has 0 aromatic heterocycles. The Balaban J connectivity index is 2.10. The lowest BCUT2D eigenvalue weighted by atomic mass is 9.97. The van der Waals surface area contributed by atoms with Crippen LogP contribution in [0.2, 0.25) is 0 Å². The molecule has 3 rings (SSSR count). The molecular weight excluding hydrogens is 248 g/mol. The fourth-order valence-electron chi connectivity index (χ4n) is 2.52. The lowest BCUT2D eigenvalue weighted by Crippen LogP contribution is -2.08. The van der Waals surface area contributed by atoms with E-state index in [2.05, 4.69) is 5.32 Å². The van der Waals surface area contributed by atoms with Crippen LogP contribution in [-0.2, 0) is 6.42 Å². The number of nitrogens with one attached hydrogen (secondary N) is 1. The number of benzene rings is 2. The third-order valence-electron chi connectivity index (χ3n) is 3.45. The zero-order valence-corrected chi connectivity index (χ0v) is 10.2. The van der Waals surface area contributed by atoms with E-state index in [-0.39, 0.29) is 5.56 Å². The summed E-state index contributed by atoms with van der Waals surface area (Å²) >= 11 is 0. The largest absolute Gasteiger partial charge is 0.384 e. The molecule has 0 bridgehead atoms. The molecule has 2 N–H and O–H groups in total. The van der Waals surface area contributed by atoms with Gasteiger partial charge in [0.2, 0.25) is 0 Å². The van der Waals surface area contributed by atoms with E-state index in [1.165, 1.54) is 6.07 Å². The van der Waals surface area contributed by atoms with Gasteiger partial charge in [-0.2, -0.15) is 0 Å². The molecule has 1 aliphatic rings. The second kappa shape index (κ2) is 4.63. The highest BCUT2D eigenvalue weighted by molar-refractivity contribution is 5.63. The normalized spacial score (nSPS) is 14.9. The number of halogens is 2. The van der Waals surface area contributed by atoms with Gasteiger partial charge in [-0.25, -0.2) is 8.78 Å². The molecule has 0 saturated carbocycles. The fraction of sp³-hybridized carbons (Fsp3) is 0.200. The zero-order valence-electron chi connectivity index (χ0n) is 10.2. The molecule has 0 saturated heterocycles. The number of aliphatic hydroxyl groups is 1. The van der Waals surface area contributed by atoms with Crippen LogP contribution in [0.25, 0.3) is 0 Å². The van der Waals surface area contributed by atoms with Gasteiger partial charge in [0, 0.05) is 17.8 Å². The van der Waals surface area contributed by atoms with Crippen LogP contribution in [0.1, 0.15) is 22.8 Å². The Morgan fingerprint density at radius 3 is 2.47 bits per heavy atom. The lowest BCUT2D eigenvalue weighted by molar-refractivity contribution is 0.209. The highest BCUT2D eigenvalue weighted by Gasteiger charge is 2.24. The number of aliphatic hydroxyl groups excluding tert-OH is 1. The molecule has 0 aliphatic carbocycles. The quantitative estimate of drug-likeness (QED) is 0.871. The first-order valence-electron chi connectivity index (χ1n) is 6.16. The van der Waals surface area contributed by atoms with Crippen LogP contribution in [-0.4, -0.2) is 11.7 Å². The van der Waals surface area contributed by atoms with E-state index >= 15 is 0 Å². The highest BCUT2D eigenvalue weighted by atomic mass is 19.1. The van der Waals surface area contributed by atoms with Gasteiger partial charge in [-0.3, -0.25) is 0 Å². The van der Waals surface area contributed by atoms with E-state index in [1.807, 2.05) is 6.07 Å². The number of hydrogen-bond donors (Lipinski definition) is 2. The monoisotopic (exact) mass is 261 g/mol. The standard InChI is InChI=1S/C15H13F2NO/c16-11-5-2-6-12(17)13(11)15(19)10-4-1-3-9-7-8-18-14(9)10/h1-6,15,18-19H,7-8H2. The van der Waals surface area contributed by atoms with Gasteiger partial charge in [0.15, 0.2) is 0 Å². The first kappa shape index (κ1) is 12.1. The molecule has 4 heteroatoms. The van der Waals surface area contributed by atoms with Crippen molar-refractivity contribution in [3.05, 3.63) is 64.7 Å². The average molecular weight is 261 g/mol. The second-order valence-corrected chi connectivity index (χ2v) is 4.60. The molecule has 0 spiro atoms. The van der Waals surface area contributed by atoms with Gasteiger partial charge in [0.25, 0.3) is 0 Å². The van der Waals surface area contributed by atoms with Crippen LogP contribution in [0.3, 0.4) is 0 Å². The SMILES string of the molecule is OC(c1cccc2c1NCC2)c1c(F)cccc1F. The highest BCUT2D eigenvalue weighted by Crippen LogP contribution is 2.35. The van der Waals surface area contributed by atoms with Gasteiger partial charge in [0.05, 0.1) is 5.56 Å². The van der Waals surface area contributed by atoms with Gasteiger partial charge >= 0.3 is 0 Å². The van der Waals surface area contributed by atoms with Crippen LogP contribution >= 0.6 is 0 Å². The number of fused-ring (bicyclic) bond motifs is 1. The number of para-hydroxylation sites is 1. The summed E-state index contributed by atoms with van der Waals surface area (Å²) in [7, 11) is 0. The Labute approximate surface area is 109 Å². The molecule has 98 valence electrons. The third-order valence-corrected chi connectivity index (χ3v) is 3.45. The van der Waals surface area contributed by atoms with Crippen molar-refractivity contribution in [2.24, 2.45) is 0 Å². The molecule has 1 atom stereocenters. The number of rotatable bonds is 2. The van der Waals surface area contributed by atoms with Crippen molar-refractivity contribution in [1.82, 2.24) is 0 Å². The predicted octanol–water partition coefficient (Wildman–Crippen LogP) is 3.01. The predicted molar refractivity (Wildman–Crippen MR) is 69.1 cm³/mol. The second-order valence-electron chi connectivity index (χ2n) is 4.60. The van der Waals surface area contributed by atoms with E-state index in [4.69, 9.17) is 0 Å². The topological polar surface area (TPSA) is 32.3 Å². The Bertz CT molecular complexity index is 607. The molecule has 2 aromatic carbocycles. The van der Waals surface area contributed by atoms with Crippen LogP contribution in [0.5, 0.6) is 0 Å². The molecule has 0 amide bonds. The summed E-state index contributed by atoms with van der Waals surface area (Å²) in [6, 6.07) is 9.02. The molecule has 2 aromatic rings. The van der Waals surface area contributed by atoms with Crippen molar-refractivity contribution in [3.63, 3.8) is 0 Å². The van der Waals surface area contributed by atoms with Gasteiger partial charge in [-0.05, 0) is 24.1 Å². The van der Waals surface area contributed by atoms with Gasteiger partial charge in [-0.15, -0.1) is 0 Å². The van der Waals surface area contributed by atoms with Crippen molar-refractivity contribution in [1.29, 1.82) is 0 Å². The summed E-state index contributed by atoms with van der Waals surface area (Å²) in [5.74, 6) is -1.47. The van der Waals surface area contributed by atoms with Crippen molar-refractivity contribution in [2.45, 2.75) is 12.5 Å². The molecule has 0 radical (unpaired) electrons. The van der Waals surface area contributed by atoms with E-state index in [9.17, 15) is 13.9 Å². The number of anilines is 1. The van der Waals surface area contributed by atoms with E-state index < -0.39 is 17.7 Å². The van der Waals surface area contributed by atoms with Crippen molar-refractivity contribution >= 4 is 5.69 Å². The molecule has 2 nitrogen and oxygen atoms in total. The summed E-state index contributed by atoms with van der Waals surface area (Å²) in [6.45, 7) is 0.777. The lowest BCUT2D eigenvalue weighted by Gasteiger charge is -2.17. The Morgan fingerprint density at radius 2 is 1.74 bits per heavy atom. The smallest absolute Gasteiger partial charge is 0.132 e.